The van der Waals surface area contributed by atoms with Crippen molar-refractivity contribution >= 4 is 6.41 Å². The lowest BCUT2D eigenvalue weighted by Crippen LogP contribution is -2.09. The van der Waals surface area contributed by atoms with Crippen molar-refractivity contribution in [3.8, 4) is 0 Å². The second-order valence-corrected chi connectivity index (χ2v) is 2.45. The quantitative estimate of drug-likeness (QED) is 0.338. The summed E-state index contributed by atoms with van der Waals surface area (Å²) in [5, 5.41) is 2.45. The number of nitrogens with one attached hydrogen (secondary N) is 1. The van der Waals surface area contributed by atoms with E-state index in [1.54, 1.807) is 6.41 Å². The van der Waals surface area contributed by atoms with Crippen LogP contribution in [-0.4, -0.2) is 13.0 Å². The number of amides is 1. The summed E-state index contributed by atoms with van der Waals surface area (Å²) in [5.74, 6) is 0. The molecule has 0 heterocycles. The highest BCUT2D eigenvalue weighted by molar-refractivity contribution is 5.47. The summed E-state index contributed by atoms with van der Waals surface area (Å²) in [5.41, 5.74) is 0. The fourth-order valence-corrected chi connectivity index (χ4v) is 0.814. The molecule has 2 heteroatoms. The molecular formula is C9H16NO. The van der Waals surface area contributed by atoms with Crippen LogP contribution in [-0.2, 0) is 4.79 Å². The summed E-state index contributed by atoms with van der Waals surface area (Å²) in [6.07, 6.45) is 10.6. The molecule has 1 N–H and O–H groups in total. The van der Waals surface area contributed by atoms with Crippen LogP contribution in [0.5, 0.6) is 0 Å². The summed E-state index contributed by atoms with van der Waals surface area (Å²) < 4.78 is 0. The van der Waals surface area contributed by atoms with E-state index in [2.05, 4.69) is 18.3 Å². The van der Waals surface area contributed by atoms with E-state index in [0.29, 0.717) is 6.54 Å². The predicted octanol–water partition coefficient (Wildman–Crippen LogP) is 1.78. The van der Waals surface area contributed by atoms with Gasteiger partial charge >= 0.3 is 6.41 Å². The summed E-state index contributed by atoms with van der Waals surface area (Å²) in [4.78, 5) is 9.67. The number of allylic oxidation sites excluding steroid dienone is 1. The summed E-state index contributed by atoms with van der Waals surface area (Å²) in [7, 11) is 0. The fourth-order valence-electron chi connectivity index (χ4n) is 0.814. The molecule has 2 nitrogen and oxygen atoms in total. The van der Waals surface area contributed by atoms with Crippen LogP contribution < -0.4 is 5.32 Å². The first kappa shape index (κ1) is 10.2. The van der Waals surface area contributed by atoms with Gasteiger partial charge in [0.1, 0.15) is 0 Å². The minimum atomic E-state index is 0.607. The minimum Gasteiger partial charge on any atom is -0.344 e. The number of unbranched alkanes of at least 4 members (excludes halogenated alkanes) is 3. The Hall–Kier alpha value is -0.790. The summed E-state index contributed by atoms with van der Waals surface area (Å²) in [6.45, 7) is 2.79. The van der Waals surface area contributed by atoms with Gasteiger partial charge in [-0.3, -0.25) is 4.79 Å². The van der Waals surface area contributed by atoms with E-state index in [1.165, 1.54) is 19.3 Å². The lowest BCUT2D eigenvalue weighted by atomic mass is 10.2. The molecule has 0 bridgehead atoms. The zero-order valence-corrected chi connectivity index (χ0v) is 7.10. The third-order valence-corrected chi connectivity index (χ3v) is 1.43. The third-order valence-electron chi connectivity index (χ3n) is 1.43. The number of carbonyl (C=O) groups excluding carboxylic acids is 1. The van der Waals surface area contributed by atoms with Crippen molar-refractivity contribution in [3.63, 3.8) is 0 Å². The van der Waals surface area contributed by atoms with Crippen molar-refractivity contribution in [1.82, 2.24) is 5.32 Å². The van der Waals surface area contributed by atoms with E-state index >= 15 is 0 Å². The van der Waals surface area contributed by atoms with Gasteiger partial charge in [0.15, 0.2) is 0 Å². The van der Waals surface area contributed by atoms with Crippen LogP contribution in [0.2, 0.25) is 0 Å². The molecule has 0 unspecified atom stereocenters. The Bertz CT molecular complexity index is 110. The molecule has 1 amide bonds. The van der Waals surface area contributed by atoms with Gasteiger partial charge in [-0.2, -0.15) is 0 Å². The molecule has 0 saturated carbocycles. The normalized spacial score (nSPS) is 10.3. The van der Waals surface area contributed by atoms with Crippen molar-refractivity contribution < 1.29 is 4.79 Å². The molecule has 0 fully saturated rings. The Kier molecular flexibility index (Phi) is 8.55. The molecule has 0 aromatic rings. The van der Waals surface area contributed by atoms with E-state index in [4.69, 9.17) is 0 Å². The highest BCUT2D eigenvalue weighted by Crippen LogP contribution is 1.98. The van der Waals surface area contributed by atoms with Gasteiger partial charge in [0, 0.05) is 6.54 Å². The summed E-state index contributed by atoms with van der Waals surface area (Å²) >= 11 is 0. The van der Waals surface area contributed by atoms with Crippen LogP contribution in [0.25, 0.3) is 0 Å². The number of hydrogen-bond donors (Lipinski definition) is 1. The highest BCUT2D eigenvalue weighted by Gasteiger charge is 1.80. The van der Waals surface area contributed by atoms with Crippen LogP contribution in [0, 0.1) is 0 Å². The maximum Gasteiger partial charge on any atom is 0.309 e. The second-order valence-electron chi connectivity index (χ2n) is 2.45. The maximum atomic E-state index is 9.67. The topological polar surface area (TPSA) is 29.1 Å². The Morgan fingerprint density at radius 1 is 1.36 bits per heavy atom. The van der Waals surface area contributed by atoms with Crippen molar-refractivity contribution in [3.05, 3.63) is 12.2 Å². The van der Waals surface area contributed by atoms with Crippen LogP contribution in [0.1, 0.15) is 32.6 Å². The van der Waals surface area contributed by atoms with Crippen LogP contribution in [0.15, 0.2) is 12.2 Å². The zero-order chi connectivity index (χ0) is 8.36. The second kappa shape index (κ2) is 9.21. The molecule has 0 atom stereocenters. The predicted molar refractivity (Wildman–Crippen MR) is 47.0 cm³/mol. The number of rotatable bonds is 7. The fraction of sp³-hybridized carbons (Fsp3) is 0.667. The summed E-state index contributed by atoms with van der Waals surface area (Å²) in [6, 6.07) is 0. The van der Waals surface area contributed by atoms with Gasteiger partial charge in [-0.1, -0.05) is 31.9 Å². The molecule has 0 aliphatic heterocycles. The van der Waals surface area contributed by atoms with Gasteiger partial charge in [0.25, 0.3) is 0 Å². The molecule has 0 spiro atoms. The van der Waals surface area contributed by atoms with E-state index in [0.717, 1.165) is 6.42 Å². The van der Waals surface area contributed by atoms with Gasteiger partial charge < -0.3 is 5.32 Å². The molecule has 0 aromatic heterocycles. The zero-order valence-electron chi connectivity index (χ0n) is 7.10. The largest absolute Gasteiger partial charge is 0.344 e. The van der Waals surface area contributed by atoms with Gasteiger partial charge in [-0.25, -0.2) is 0 Å². The molecule has 1 radical (unpaired) electrons. The molecule has 0 aromatic carbocycles. The van der Waals surface area contributed by atoms with Gasteiger partial charge in [-0.05, 0) is 12.8 Å². The van der Waals surface area contributed by atoms with Crippen LogP contribution in [0.4, 0.5) is 0 Å². The van der Waals surface area contributed by atoms with E-state index < -0.39 is 0 Å². The van der Waals surface area contributed by atoms with E-state index in [1.807, 2.05) is 6.08 Å². The van der Waals surface area contributed by atoms with Crippen molar-refractivity contribution in [2.75, 3.05) is 6.54 Å². The molecule has 0 rings (SSSR count). The first-order valence-corrected chi connectivity index (χ1v) is 4.16. The molecule has 63 valence electrons. The number of hydrogen-bond acceptors (Lipinski definition) is 1. The Labute approximate surface area is 68.7 Å². The van der Waals surface area contributed by atoms with Crippen LogP contribution in [0.3, 0.4) is 0 Å². The highest BCUT2D eigenvalue weighted by atomic mass is 16.1. The third kappa shape index (κ3) is 9.21. The van der Waals surface area contributed by atoms with Crippen molar-refractivity contribution in [2.45, 2.75) is 32.6 Å². The Balaban J connectivity index is 2.97. The lowest BCUT2D eigenvalue weighted by Gasteiger charge is -1.91. The molecule has 0 aliphatic carbocycles. The Morgan fingerprint density at radius 3 is 2.82 bits per heavy atom. The SMILES string of the molecule is CCCCC/C=C/CN[C]=O. The van der Waals surface area contributed by atoms with E-state index in [-0.39, 0.29) is 0 Å². The molecule has 0 aliphatic rings. The molecule has 0 saturated heterocycles. The Morgan fingerprint density at radius 2 is 2.18 bits per heavy atom. The van der Waals surface area contributed by atoms with E-state index in [9.17, 15) is 4.79 Å². The van der Waals surface area contributed by atoms with Gasteiger partial charge in [0.05, 0.1) is 0 Å². The smallest absolute Gasteiger partial charge is 0.309 e. The monoisotopic (exact) mass is 154 g/mol. The standard InChI is InChI=1S/C9H16NO/c1-2-3-4-5-6-7-8-10-9-11/h6-7H,2-5,8H2,1H3,(H,10,11)/b7-6+. The first-order chi connectivity index (χ1) is 5.41. The molecular weight excluding hydrogens is 138 g/mol. The average molecular weight is 154 g/mol. The van der Waals surface area contributed by atoms with Gasteiger partial charge in [-0.15, -0.1) is 0 Å². The van der Waals surface area contributed by atoms with Crippen molar-refractivity contribution in [2.24, 2.45) is 0 Å². The minimum absolute atomic E-state index is 0.607. The van der Waals surface area contributed by atoms with Crippen LogP contribution >= 0.6 is 0 Å². The van der Waals surface area contributed by atoms with Crippen molar-refractivity contribution in [1.29, 1.82) is 0 Å². The lowest BCUT2D eigenvalue weighted by molar-refractivity contribution is 0.545. The average Bonchev–Trinajstić information content (AvgIpc) is 2.03. The maximum absolute atomic E-state index is 9.67. The van der Waals surface area contributed by atoms with Gasteiger partial charge in [0.2, 0.25) is 0 Å². The molecule has 11 heavy (non-hydrogen) atoms. The first-order valence-electron chi connectivity index (χ1n) is 4.16.